The van der Waals surface area contributed by atoms with E-state index in [9.17, 15) is 0 Å². The minimum atomic E-state index is 0.381. The number of nitrogens with one attached hydrogen (secondary N) is 1. The van der Waals surface area contributed by atoms with Gasteiger partial charge in [0.2, 0.25) is 5.88 Å². The molecule has 0 aliphatic rings. The Labute approximate surface area is 131 Å². The Bertz CT molecular complexity index is 540. The lowest BCUT2D eigenvalue weighted by molar-refractivity contribution is 0.397. The summed E-state index contributed by atoms with van der Waals surface area (Å²) in [6.07, 6.45) is 3.79. The Morgan fingerprint density at radius 3 is 2.33 bits per heavy atom. The number of hydrogen-bond acceptors (Lipinski definition) is 3. The first-order valence-electron chi connectivity index (χ1n) is 7.18. The number of hydrogen-bond donors (Lipinski definition) is 1. The van der Waals surface area contributed by atoms with Crippen LogP contribution in [-0.4, -0.2) is 24.7 Å². The third-order valence-corrected chi connectivity index (χ3v) is 3.63. The van der Waals surface area contributed by atoms with Gasteiger partial charge in [0.1, 0.15) is 0 Å². The summed E-state index contributed by atoms with van der Waals surface area (Å²) in [6.45, 7) is 3.07. The summed E-state index contributed by atoms with van der Waals surface area (Å²) in [7, 11) is 1.63. The maximum Gasteiger partial charge on any atom is 0.212 e. The highest BCUT2D eigenvalue weighted by Gasteiger charge is 2.10. The van der Waals surface area contributed by atoms with E-state index >= 15 is 0 Å². The summed E-state index contributed by atoms with van der Waals surface area (Å²) >= 11 is 5.93. The van der Waals surface area contributed by atoms with Crippen molar-refractivity contribution < 1.29 is 4.74 Å². The van der Waals surface area contributed by atoms with Gasteiger partial charge in [-0.2, -0.15) is 0 Å². The standard InChI is InChI=1S/C17H21ClN2O/c1-3-19-16(10-13-4-7-15(18)8-5-13)11-14-6-9-17(21-2)20-12-14/h4-9,12,16,19H,3,10-11H2,1-2H3. The van der Waals surface area contributed by atoms with Crippen molar-refractivity contribution in [3.05, 3.63) is 58.7 Å². The lowest BCUT2D eigenvalue weighted by Gasteiger charge is -2.18. The molecule has 0 aliphatic heterocycles. The minimum Gasteiger partial charge on any atom is -0.481 e. The van der Waals surface area contributed by atoms with Crippen LogP contribution in [0.5, 0.6) is 5.88 Å². The smallest absolute Gasteiger partial charge is 0.212 e. The third-order valence-electron chi connectivity index (χ3n) is 3.38. The zero-order valence-corrected chi connectivity index (χ0v) is 13.2. The number of rotatable bonds is 7. The highest BCUT2D eigenvalue weighted by molar-refractivity contribution is 6.30. The van der Waals surface area contributed by atoms with Gasteiger partial charge in [0.25, 0.3) is 0 Å². The second-order valence-electron chi connectivity index (χ2n) is 5.00. The van der Waals surface area contributed by atoms with Gasteiger partial charge >= 0.3 is 0 Å². The summed E-state index contributed by atoms with van der Waals surface area (Å²) in [5.41, 5.74) is 2.49. The minimum absolute atomic E-state index is 0.381. The predicted octanol–water partition coefficient (Wildman–Crippen LogP) is 3.51. The molecule has 1 heterocycles. The first-order valence-corrected chi connectivity index (χ1v) is 7.55. The van der Waals surface area contributed by atoms with Crippen molar-refractivity contribution >= 4 is 11.6 Å². The molecule has 1 aromatic carbocycles. The molecule has 0 saturated heterocycles. The van der Waals surface area contributed by atoms with Gasteiger partial charge in [-0.3, -0.25) is 0 Å². The van der Waals surface area contributed by atoms with Crippen LogP contribution >= 0.6 is 11.6 Å². The molecule has 112 valence electrons. The molecule has 4 heteroatoms. The fourth-order valence-electron chi connectivity index (χ4n) is 2.35. The maximum absolute atomic E-state index is 5.93. The van der Waals surface area contributed by atoms with Crippen LogP contribution in [0.2, 0.25) is 5.02 Å². The summed E-state index contributed by atoms with van der Waals surface area (Å²) in [5.74, 6) is 0.649. The summed E-state index contributed by atoms with van der Waals surface area (Å²) in [5, 5.41) is 4.31. The van der Waals surface area contributed by atoms with Crippen molar-refractivity contribution in [2.45, 2.75) is 25.8 Å². The highest BCUT2D eigenvalue weighted by atomic mass is 35.5. The van der Waals surface area contributed by atoms with Gasteiger partial charge < -0.3 is 10.1 Å². The molecule has 1 unspecified atom stereocenters. The zero-order chi connectivity index (χ0) is 15.1. The first kappa shape index (κ1) is 15.8. The van der Waals surface area contributed by atoms with Gasteiger partial charge in [-0.15, -0.1) is 0 Å². The third kappa shape index (κ3) is 5.03. The Hall–Kier alpha value is -1.58. The SMILES string of the molecule is CCNC(Cc1ccc(Cl)cc1)Cc1ccc(OC)nc1. The Morgan fingerprint density at radius 1 is 1.10 bits per heavy atom. The predicted molar refractivity (Wildman–Crippen MR) is 87.1 cm³/mol. The molecule has 2 rings (SSSR count). The van der Waals surface area contributed by atoms with E-state index in [2.05, 4.69) is 35.4 Å². The van der Waals surface area contributed by atoms with Gasteiger partial charge in [-0.1, -0.05) is 36.7 Å². The number of methoxy groups -OCH3 is 1. The second-order valence-corrected chi connectivity index (χ2v) is 5.43. The van der Waals surface area contributed by atoms with E-state index in [1.807, 2.05) is 24.4 Å². The van der Waals surface area contributed by atoms with Crippen molar-refractivity contribution in [3.8, 4) is 5.88 Å². The van der Waals surface area contributed by atoms with E-state index in [1.54, 1.807) is 7.11 Å². The van der Waals surface area contributed by atoms with E-state index in [0.717, 1.165) is 24.4 Å². The molecule has 1 N–H and O–H groups in total. The molecule has 1 aromatic heterocycles. The van der Waals surface area contributed by atoms with Crippen LogP contribution in [0.25, 0.3) is 0 Å². The molecule has 0 fully saturated rings. The molecule has 21 heavy (non-hydrogen) atoms. The van der Waals surface area contributed by atoms with Crippen molar-refractivity contribution in [1.82, 2.24) is 10.3 Å². The van der Waals surface area contributed by atoms with E-state index in [1.165, 1.54) is 11.1 Å². The number of halogens is 1. The van der Waals surface area contributed by atoms with Crippen molar-refractivity contribution in [2.24, 2.45) is 0 Å². The molecule has 0 radical (unpaired) electrons. The van der Waals surface area contributed by atoms with Crippen LogP contribution in [0, 0.1) is 0 Å². The van der Waals surface area contributed by atoms with Crippen LogP contribution in [0.15, 0.2) is 42.6 Å². The van der Waals surface area contributed by atoms with Gasteiger partial charge in [0.05, 0.1) is 7.11 Å². The number of aromatic nitrogens is 1. The molecule has 1 atom stereocenters. The van der Waals surface area contributed by atoms with Crippen LogP contribution in [0.4, 0.5) is 0 Å². The second kappa shape index (κ2) is 8.01. The summed E-state index contributed by atoms with van der Waals surface area (Å²) in [6, 6.07) is 12.4. The maximum atomic E-state index is 5.93. The van der Waals surface area contributed by atoms with Gasteiger partial charge in [0.15, 0.2) is 0 Å². The molecular formula is C17H21ClN2O. The number of nitrogens with zero attached hydrogens (tertiary/aromatic N) is 1. The number of ether oxygens (including phenoxy) is 1. The van der Waals surface area contributed by atoms with Gasteiger partial charge in [-0.05, 0) is 42.6 Å². The lowest BCUT2D eigenvalue weighted by atomic mass is 10.00. The van der Waals surface area contributed by atoms with E-state index < -0.39 is 0 Å². The highest BCUT2D eigenvalue weighted by Crippen LogP contribution is 2.14. The molecule has 0 bridgehead atoms. The molecule has 0 saturated carbocycles. The average molecular weight is 305 g/mol. The Balaban J connectivity index is 2.02. The molecular weight excluding hydrogens is 284 g/mol. The largest absolute Gasteiger partial charge is 0.481 e. The van der Waals surface area contributed by atoms with Crippen LogP contribution < -0.4 is 10.1 Å². The topological polar surface area (TPSA) is 34.1 Å². The van der Waals surface area contributed by atoms with Crippen molar-refractivity contribution in [2.75, 3.05) is 13.7 Å². The zero-order valence-electron chi connectivity index (χ0n) is 12.5. The number of likely N-dealkylation sites (N-methyl/N-ethyl adjacent to an activating group) is 1. The fourth-order valence-corrected chi connectivity index (χ4v) is 2.47. The van der Waals surface area contributed by atoms with Gasteiger partial charge in [-0.25, -0.2) is 4.98 Å². The van der Waals surface area contributed by atoms with Crippen molar-refractivity contribution in [1.29, 1.82) is 0 Å². The molecule has 3 nitrogen and oxygen atoms in total. The number of pyridine rings is 1. The van der Waals surface area contributed by atoms with E-state index in [4.69, 9.17) is 16.3 Å². The molecule has 2 aromatic rings. The summed E-state index contributed by atoms with van der Waals surface area (Å²) < 4.78 is 5.09. The lowest BCUT2D eigenvalue weighted by Crippen LogP contribution is -2.33. The normalized spacial score (nSPS) is 12.1. The van der Waals surface area contributed by atoms with E-state index in [0.29, 0.717) is 11.9 Å². The molecule has 0 amide bonds. The van der Waals surface area contributed by atoms with Crippen LogP contribution in [0.3, 0.4) is 0 Å². The van der Waals surface area contributed by atoms with E-state index in [-0.39, 0.29) is 0 Å². The summed E-state index contributed by atoms with van der Waals surface area (Å²) in [4.78, 5) is 4.26. The number of benzene rings is 1. The van der Waals surface area contributed by atoms with Gasteiger partial charge in [0, 0.05) is 23.3 Å². The molecule has 0 aliphatic carbocycles. The van der Waals surface area contributed by atoms with Crippen LogP contribution in [0.1, 0.15) is 18.1 Å². The quantitative estimate of drug-likeness (QED) is 0.850. The molecule has 0 spiro atoms. The monoisotopic (exact) mass is 304 g/mol. The van der Waals surface area contributed by atoms with Crippen molar-refractivity contribution in [3.63, 3.8) is 0 Å². The average Bonchev–Trinajstić information content (AvgIpc) is 2.50. The Morgan fingerprint density at radius 2 is 1.76 bits per heavy atom. The Kier molecular flexibility index (Phi) is 6.03. The fraction of sp³-hybridized carbons (Fsp3) is 0.353. The first-order chi connectivity index (χ1) is 10.2. The van der Waals surface area contributed by atoms with Crippen LogP contribution in [-0.2, 0) is 12.8 Å².